The summed E-state index contributed by atoms with van der Waals surface area (Å²) in [5, 5.41) is 0. The highest BCUT2D eigenvalue weighted by Crippen LogP contribution is 2.16. The zero-order valence-electron chi connectivity index (χ0n) is 8.55. The van der Waals surface area contributed by atoms with Crippen molar-refractivity contribution in [1.82, 2.24) is 0 Å². The molecular weight excluding hydrogens is 361 g/mol. The van der Waals surface area contributed by atoms with Crippen LogP contribution in [0, 0.1) is 3.57 Å². The minimum atomic E-state index is -4.37. The largest absolute Gasteiger partial charge is 0.748 e. The van der Waals surface area contributed by atoms with E-state index >= 15 is 0 Å². The van der Waals surface area contributed by atoms with E-state index in [1.165, 1.54) is 12.1 Å². The highest BCUT2D eigenvalue weighted by Gasteiger charge is 2.09. The molecule has 0 atom stereocenters. The number of hydrogen-bond donors (Lipinski definition) is 1. The van der Waals surface area contributed by atoms with E-state index < -0.39 is 28.4 Å². The van der Waals surface area contributed by atoms with E-state index in [1.54, 1.807) is 6.07 Å². The van der Waals surface area contributed by atoms with E-state index in [4.69, 9.17) is 5.73 Å². The highest BCUT2D eigenvalue weighted by atomic mass is 127. The van der Waals surface area contributed by atoms with Gasteiger partial charge in [-0.2, -0.15) is 0 Å². The normalized spacial score (nSPS) is 11.2. The average Bonchev–Trinajstić information content (AvgIpc) is 2.20. The van der Waals surface area contributed by atoms with Crippen LogP contribution in [0.4, 0.5) is 5.69 Å². The Bertz CT molecular complexity index is 528. The molecule has 1 aromatic carbocycles. The van der Waals surface area contributed by atoms with Crippen molar-refractivity contribution in [2.75, 3.05) is 18.1 Å². The van der Waals surface area contributed by atoms with E-state index in [9.17, 15) is 17.8 Å². The molecule has 0 radical (unpaired) electrons. The molecule has 0 saturated carbocycles. The number of nitrogens with two attached hydrogens (primary N) is 1. The summed E-state index contributed by atoms with van der Waals surface area (Å²) in [6, 6.07) is 4.53. The molecule has 0 aromatic heterocycles. The molecule has 8 heteroatoms. The summed E-state index contributed by atoms with van der Waals surface area (Å²) in [5.74, 6) is -1.42. The van der Waals surface area contributed by atoms with Gasteiger partial charge < -0.3 is 15.0 Å². The average molecular weight is 370 g/mol. The van der Waals surface area contributed by atoms with E-state index in [0.717, 1.165) is 0 Å². The van der Waals surface area contributed by atoms with E-state index in [2.05, 4.69) is 4.74 Å². The number of carbonyl (C=O) groups is 1. The molecule has 0 aliphatic carbocycles. The topological polar surface area (TPSA) is 110 Å². The van der Waals surface area contributed by atoms with Crippen LogP contribution in [0.3, 0.4) is 0 Å². The summed E-state index contributed by atoms with van der Waals surface area (Å²) < 4.78 is 36.2. The van der Waals surface area contributed by atoms with Gasteiger partial charge in [0.2, 0.25) is 0 Å². The first-order valence-electron chi connectivity index (χ1n) is 4.45. The third-order valence-corrected chi connectivity index (χ3v) is 3.40. The molecule has 0 fully saturated rings. The summed E-state index contributed by atoms with van der Waals surface area (Å²) in [7, 11) is -4.37. The second-order valence-corrected chi connectivity index (χ2v) is 5.82. The Labute approximate surface area is 112 Å². The van der Waals surface area contributed by atoms with Crippen LogP contribution in [0.15, 0.2) is 18.2 Å². The number of ether oxygens (including phenoxy) is 1. The summed E-state index contributed by atoms with van der Waals surface area (Å²) in [6.45, 7) is -0.453. The van der Waals surface area contributed by atoms with Gasteiger partial charge in [0.25, 0.3) is 0 Å². The molecule has 6 nitrogen and oxygen atoms in total. The smallest absolute Gasteiger partial charge is 0.338 e. The van der Waals surface area contributed by atoms with Crippen LogP contribution < -0.4 is 5.73 Å². The van der Waals surface area contributed by atoms with Gasteiger partial charge in [-0.05, 0) is 40.8 Å². The second-order valence-electron chi connectivity index (χ2n) is 3.13. The van der Waals surface area contributed by atoms with Crippen LogP contribution in [0.25, 0.3) is 0 Å². The van der Waals surface area contributed by atoms with Crippen molar-refractivity contribution < 1.29 is 22.5 Å². The van der Waals surface area contributed by atoms with Gasteiger partial charge in [0.05, 0.1) is 21.4 Å². The Morgan fingerprint density at radius 2 is 2.12 bits per heavy atom. The predicted molar refractivity (Wildman–Crippen MR) is 68.4 cm³/mol. The van der Waals surface area contributed by atoms with Gasteiger partial charge in [-0.3, -0.25) is 0 Å². The minimum Gasteiger partial charge on any atom is -0.748 e. The summed E-state index contributed by atoms with van der Waals surface area (Å²) in [4.78, 5) is 11.4. The van der Waals surface area contributed by atoms with Gasteiger partial charge in [0, 0.05) is 9.26 Å². The monoisotopic (exact) mass is 370 g/mol. The second kappa shape index (κ2) is 5.65. The summed E-state index contributed by atoms with van der Waals surface area (Å²) >= 11 is 1.96. The number of halogens is 1. The SMILES string of the molecule is Nc1ccc(C(=O)OCCS(=O)(=O)[O-])cc1I. The van der Waals surface area contributed by atoms with Crippen LogP contribution in [-0.4, -0.2) is 31.3 Å². The van der Waals surface area contributed by atoms with Crippen molar-refractivity contribution in [3.05, 3.63) is 27.3 Å². The molecule has 94 valence electrons. The summed E-state index contributed by atoms with van der Waals surface area (Å²) in [6.07, 6.45) is 0. The van der Waals surface area contributed by atoms with Gasteiger partial charge in [-0.1, -0.05) is 0 Å². The maximum Gasteiger partial charge on any atom is 0.338 e. The van der Waals surface area contributed by atoms with Gasteiger partial charge in [0.15, 0.2) is 0 Å². The quantitative estimate of drug-likeness (QED) is 0.359. The zero-order valence-corrected chi connectivity index (χ0v) is 11.5. The molecule has 0 amide bonds. The van der Waals surface area contributed by atoms with Crippen LogP contribution >= 0.6 is 22.6 Å². The third kappa shape index (κ3) is 4.88. The number of benzene rings is 1. The van der Waals surface area contributed by atoms with Crippen LogP contribution in [-0.2, 0) is 14.9 Å². The summed E-state index contributed by atoms with van der Waals surface area (Å²) in [5.41, 5.74) is 6.35. The molecule has 2 N–H and O–H groups in total. The Morgan fingerprint density at radius 3 is 2.65 bits per heavy atom. The lowest BCUT2D eigenvalue weighted by Crippen LogP contribution is -2.15. The first kappa shape index (κ1) is 14.2. The number of anilines is 1. The lowest BCUT2D eigenvalue weighted by molar-refractivity contribution is 0.0528. The molecule has 0 heterocycles. The lowest BCUT2D eigenvalue weighted by atomic mass is 10.2. The molecule has 0 aliphatic heterocycles. The Morgan fingerprint density at radius 1 is 1.47 bits per heavy atom. The van der Waals surface area contributed by atoms with Crippen LogP contribution in [0.2, 0.25) is 0 Å². The molecule has 0 bridgehead atoms. The van der Waals surface area contributed by atoms with Crippen LogP contribution in [0.1, 0.15) is 10.4 Å². The van der Waals surface area contributed by atoms with Gasteiger partial charge in [-0.15, -0.1) is 0 Å². The Hall–Kier alpha value is -0.870. The number of hydrogen-bond acceptors (Lipinski definition) is 6. The first-order valence-corrected chi connectivity index (χ1v) is 7.11. The molecule has 0 saturated heterocycles. The lowest BCUT2D eigenvalue weighted by Gasteiger charge is -2.08. The maximum atomic E-state index is 11.4. The van der Waals surface area contributed by atoms with Gasteiger partial charge in [0.1, 0.15) is 6.61 Å². The van der Waals surface area contributed by atoms with Crippen molar-refractivity contribution in [3.63, 3.8) is 0 Å². The van der Waals surface area contributed by atoms with E-state index in [-0.39, 0.29) is 5.56 Å². The molecular formula is C9H9INO5S-. The molecule has 17 heavy (non-hydrogen) atoms. The zero-order chi connectivity index (χ0) is 13.1. The van der Waals surface area contributed by atoms with Crippen molar-refractivity contribution in [2.45, 2.75) is 0 Å². The highest BCUT2D eigenvalue weighted by molar-refractivity contribution is 14.1. The number of rotatable bonds is 4. The number of carbonyl (C=O) groups excluding carboxylic acids is 1. The Kier molecular flexibility index (Phi) is 4.71. The first-order chi connectivity index (χ1) is 7.79. The number of nitrogen functional groups attached to an aromatic ring is 1. The minimum absolute atomic E-state index is 0.256. The third-order valence-electron chi connectivity index (χ3n) is 1.80. The van der Waals surface area contributed by atoms with Crippen molar-refractivity contribution in [2.24, 2.45) is 0 Å². The van der Waals surface area contributed by atoms with Crippen LogP contribution in [0.5, 0.6) is 0 Å². The fraction of sp³-hybridized carbons (Fsp3) is 0.222. The van der Waals surface area contributed by atoms with Gasteiger partial charge >= 0.3 is 5.97 Å². The Balaban J connectivity index is 2.61. The standard InChI is InChI=1S/C9H10INO5S/c10-7-5-6(1-2-8(7)11)9(12)16-3-4-17(13,14)15/h1-2,5H,3-4,11H2,(H,13,14,15)/p-1. The van der Waals surface area contributed by atoms with Gasteiger partial charge in [-0.25, -0.2) is 13.2 Å². The van der Waals surface area contributed by atoms with E-state index in [0.29, 0.717) is 9.26 Å². The van der Waals surface area contributed by atoms with E-state index in [1.807, 2.05) is 22.6 Å². The molecule has 1 aromatic rings. The van der Waals surface area contributed by atoms with Crippen molar-refractivity contribution in [3.8, 4) is 0 Å². The molecule has 0 spiro atoms. The fourth-order valence-corrected chi connectivity index (χ4v) is 1.78. The van der Waals surface area contributed by atoms with Crippen molar-refractivity contribution in [1.29, 1.82) is 0 Å². The molecule has 0 aliphatic rings. The fourth-order valence-electron chi connectivity index (χ4n) is 0.974. The predicted octanol–water partition coefficient (Wildman–Crippen LogP) is 0.575. The maximum absolute atomic E-state index is 11.4. The molecule has 0 unspecified atom stereocenters. The molecule has 1 rings (SSSR count). The number of esters is 1. The van der Waals surface area contributed by atoms with Crippen molar-refractivity contribution >= 4 is 44.4 Å².